The Balaban J connectivity index is 2.27. The monoisotopic (exact) mass is 248 g/mol. The lowest BCUT2D eigenvalue weighted by molar-refractivity contribution is 1.06. The summed E-state index contributed by atoms with van der Waals surface area (Å²) in [5.74, 6) is 0. The zero-order chi connectivity index (χ0) is 13.2. The molecule has 0 aliphatic heterocycles. The topological polar surface area (TPSA) is 17.8 Å². The van der Waals surface area contributed by atoms with Gasteiger partial charge in [0.15, 0.2) is 0 Å². The molecule has 0 saturated heterocycles. The Bertz CT molecular complexity index is 677. The summed E-state index contributed by atoms with van der Waals surface area (Å²) >= 11 is 0. The van der Waals surface area contributed by atoms with Crippen molar-refractivity contribution >= 4 is 0 Å². The predicted octanol–water partition coefficient (Wildman–Crippen LogP) is 4.16. The second-order valence-corrected chi connectivity index (χ2v) is 4.75. The Kier molecular flexibility index (Phi) is 2.92. The van der Waals surface area contributed by atoms with Gasteiger partial charge in [0.1, 0.15) is 0 Å². The lowest BCUT2D eigenvalue weighted by atomic mass is 9.94. The Labute approximate surface area is 113 Å². The molecule has 1 heterocycles. The number of hydrogen-bond donors (Lipinski definition) is 0. The number of aryl methyl sites for hydroxylation is 2. The summed E-state index contributed by atoms with van der Waals surface area (Å²) in [6, 6.07) is 14.9. The minimum Gasteiger partial charge on any atom is -0.306 e. The van der Waals surface area contributed by atoms with Crippen LogP contribution >= 0.6 is 0 Å². The van der Waals surface area contributed by atoms with Crippen LogP contribution in [0.4, 0.5) is 0 Å². The third kappa shape index (κ3) is 2.06. The third-order valence-electron chi connectivity index (χ3n) is 3.44. The highest BCUT2D eigenvalue weighted by atomic mass is 15.0. The third-order valence-corrected chi connectivity index (χ3v) is 3.44. The second kappa shape index (κ2) is 4.73. The zero-order valence-electron chi connectivity index (χ0n) is 11.2. The number of para-hydroxylation sites is 1. The van der Waals surface area contributed by atoms with Gasteiger partial charge in [0, 0.05) is 18.0 Å². The molecule has 0 atom stereocenters. The lowest BCUT2D eigenvalue weighted by Crippen LogP contribution is -1.96. The van der Waals surface area contributed by atoms with Gasteiger partial charge < -0.3 is 4.57 Å². The summed E-state index contributed by atoms with van der Waals surface area (Å²) in [5, 5.41) is 0. The molecular formula is C17H16N2. The molecule has 0 amide bonds. The highest BCUT2D eigenvalue weighted by Gasteiger charge is 2.10. The molecule has 0 radical (unpaired) electrons. The molecule has 3 aromatic rings. The van der Waals surface area contributed by atoms with Gasteiger partial charge in [-0.3, -0.25) is 0 Å². The number of hydrogen-bond acceptors (Lipinski definition) is 1. The van der Waals surface area contributed by atoms with Gasteiger partial charge in [0.25, 0.3) is 0 Å². The number of nitrogens with zero attached hydrogens (tertiary/aromatic N) is 2. The van der Waals surface area contributed by atoms with Crippen molar-refractivity contribution in [3.05, 3.63) is 72.3 Å². The Morgan fingerprint density at radius 2 is 1.63 bits per heavy atom. The lowest BCUT2D eigenvalue weighted by Gasteiger charge is -2.14. The fourth-order valence-corrected chi connectivity index (χ4v) is 2.55. The molecule has 0 aliphatic carbocycles. The minimum absolute atomic E-state index is 1.16. The molecule has 2 aromatic carbocycles. The molecule has 0 unspecified atom stereocenters. The van der Waals surface area contributed by atoms with E-state index >= 15 is 0 Å². The van der Waals surface area contributed by atoms with Crippen LogP contribution in [-0.2, 0) is 0 Å². The summed E-state index contributed by atoms with van der Waals surface area (Å²) in [6.45, 7) is 4.32. The average molecular weight is 248 g/mol. The van der Waals surface area contributed by atoms with Gasteiger partial charge in [0.2, 0.25) is 0 Å². The zero-order valence-corrected chi connectivity index (χ0v) is 11.2. The van der Waals surface area contributed by atoms with Crippen molar-refractivity contribution in [3.8, 4) is 16.8 Å². The van der Waals surface area contributed by atoms with Crippen molar-refractivity contribution in [2.75, 3.05) is 0 Å². The van der Waals surface area contributed by atoms with E-state index in [9.17, 15) is 0 Å². The van der Waals surface area contributed by atoms with Crippen molar-refractivity contribution in [1.82, 2.24) is 9.55 Å². The van der Waals surface area contributed by atoms with E-state index in [-0.39, 0.29) is 0 Å². The van der Waals surface area contributed by atoms with E-state index < -0.39 is 0 Å². The largest absolute Gasteiger partial charge is 0.306 e. The van der Waals surface area contributed by atoms with E-state index in [2.05, 4.69) is 65.9 Å². The minimum atomic E-state index is 1.16. The second-order valence-electron chi connectivity index (χ2n) is 4.75. The first-order chi connectivity index (χ1) is 9.27. The van der Waals surface area contributed by atoms with Crippen LogP contribution in [0.2, 0.25) is 0 Å². The van der Waals surface area contributed by atoms with Crippen LogP contribution in [0.5, 0.6) is 0 Å². The number of imidazole rings is 1. The molecule has 0 spiro atoms. The van der Waals surface area contributed by atoms with Gasteiger partial charge in [-0.05, 0) is 36.6 Å². The predicted molar refractivity (Wildman–Crippen MR) is 78.5 cm³/mol. The van der Waals surface area contributed by atoms with E-state index in [1.54, 1.807) is 0 Å². The van der Waals surface area contributed by atoms with Crippen LogP contribution in [0.1, 0.15) is 11.1 Å². The molecule has 2 heteroatoms. The molecule has 1 aromatic heterocycles. The van der Waals surface area contributed by atoms with Crippen LogP contribution in [-0.4, -0.2) is 9.55 Å². The Morgan fingerprint density at radius 3 is 2.32 bits per heavy atom. The molecule has 2 nitrogen and oxygen atoms in total. The molecule has 0 saturated carbocycles. The summed E-state index contributed by atoms with van der Waals surface area (Å²) in [6.07, 6.45) is 5.63. The number of rotatable bonds is 2. The molecule has 0 fully saturated rings. The molecule has 0 N–H and O–H groups in total. The van der Waals surface area contributed by atoms with Gasteiger partial charge in [-0.15, -0.1) is 0 Å². The smallest absolute Gasteiger partial charge is 0.0991 e. The fraction of sp³-hybridized carbons (Fsp3) is 0.118. The van der Waals surface area contributed by atoms with E-state index in [0.29, 0.717) is 0 Å². The summed E-state index contributed by atoms with van der Waals surface area (Å²) in [7, 11) is 0. The first kappa shape index (κ1) is 11.7. The first-order valence-corrected chi connectivity index (χ1v) is 6.41. The molecule has 3 rings (SSSR count). The maximum Gasteiger partial charge on any atom is 0.0991 e. The normalized spacial score (nSPS) is 10.6. The van der Waals surface area contributed by atoms with E-state index in [0.717, 1.165) is 5.69 Å². The van der Waals surface area contributed by atoms with E-state index in [4.69, 9.17) is 0 Å². The van der Waals surface area contributed by atoms with Crippen LogP contribution in [0.25, 0.3) is 16.8 Å². The van der Waals surface area contributed by atoms with Crippen LogP contribution in [0, 0.1) is 13.8 Å². The molecular weight excluding hydrogens is 232 g/mol. The van der Waals surface area contributed by atoms with Crippen LogP contribution in [0.3, 0.4) is 0 Å². The summed E-state index contributed by atoms with van der Waals surface area (Å²) < 4.78 is 2.06. The fourth-order valence-electron chi connectivity index (χ4n) is 2.55. The maximum atomic E-state index is 4.14. The van der Waals surface area contributed by atoms with Gasteiger partial charge in [-0.25, -0.2) is 4.98 Å². The van der Waals surface area contributed by atoms with Crippen LogP contribution < -0.4 is 0 Å². The van der Waals surface area contributed by atoms with Gasteiger partial charge in [-0.1, -0.05) is 36.4 Å². The Hall–Kier alpha value is -2.35. The van der Waals surface area contributed by atoms with Crippen molar-refractivity contribution in [1.29, 1.82) is 0 Å². The van der Waals surface area contributed by atoms with Gasteiger partial charge in [-0.2, -0.15) is 0 Å². The highest BCUT2D eigenvalue weighted by Crippen LogP contribution is 2.31. The Morgan fingerprint density at radius 1 is 0.895 bits per heavy atom. The molecule has 19 heavy (non-hydrogen) atoms. The van der Waals surface area contributed by atoms with E-state index in [1.165, 1.54) is 22.3 Å². The van der Waals surface area contributed by atoms with Crippen molar-refractivity contribution in [2.24, 2.45) is 0 Å². The quantitative estimate of drug-likeness (QED) is 0.666. The highest BCUT2D eigenvalue weighted by molar-refractivity contribution is 5.77. The average Bonchev–Trinajstić information content (AvgIpc) is 2.93. The number of benzene rings is 2. The van der Waals surface area contributed by atoms with Gasteiger partial charge >= 0.3 is 0 Å². The molecule has 0 bridgehead atoms. The van der Waals surface area contributed by atoms with Crippen molar-refractivity contribution < 1.29 is 0 Å². The molecule has 94 valence electrons. The standard InChI is InChI=1S/C17H16N2/c1-13-6-5-7-14(2)17(13)15-8-3-4-9-16(15)19-11-10-18-12-19/h3-12H,1-2H3. The maximum absolute atomic E-state index is 4.14. The molecule has 0 aliphatic rings. The van der Waals surface area contributed by atoms with Crippen molar-refractivity contribution in [2.45, 2.75) is 13.8 Å². The summed E-state index contributed by atoms with van der Waals surface area (Å²) in [5.41, 5.74) is 6.32. The first-order valence-electron chi connectivity index (χ1n) is 6.41. The number of aromatic nitrogens is 2. The van der Waals surface area contributed by atoms with Crippen molar-refractivity contribution in [3.63, 3.8) is 0 Å². The summed E-state index contributed by atoms with van der Waals surface area (Å²) in [4.78, 5) is 4.14. The van der Waals surface area contributed by atoms with Gasteiger partial charge in [0.05, 0.1) is 12.0 Å². The SMILES string of the molecule is Cc1cccc(C)c1-c1ccccc1-n1ccnc1. The van der Waals surface area contributed by atoms with E-state index in [1.807, 2.05) is 18.7 Å². The van der Waals surface area contributed by atoms with Crippen LogP contribution in [0.15, 0.2) is 61.2 Å².